The van der Waals surface area contributed by atoms with Crippen LogP contribution in [0.3, 0.4) is 0 Å². The molecule has 0 nitrogen and oxygen atoms in total. The fourth-order valence-electron chi connectivity index (χ4n) is 3.41. The second kappa shape index (κ2) is 14.1. The van der Waals surface area contributed by atoms with Gasteiger partial charge in [0, 0.05) is 0 Å². The molecule has 0 heterocycles. The molecule has 3 heteroatoms. The number of rotatable bonds is 8. The first kappa shape index (κ1) is 27.1. The van der Waals surface area contributed by atoms with Gasteiger partial charge in [0.05, 0.1) is 0 Å². The molecule has 2 rings (SSSR count). The first-order valence-corrected chi connectivity index (χ1v) is 13.5. The predicted octanol–water partition coefficient (Wildman–Crippen LogP) is 8.41. The van der Waals surface area contributed by atoms with Crippen molar-refractivity contribution in [1.82, 2.24) is 0 Å². The molecule has 0 fully saturated rings. The van der Waals surface area contributed by atoms with E-state index in [2.05, 4.69) is 73.6 Å². The first-order chi connectivity index (χ1) is 12.2. The van der Waals surface area contributed by atoms with Gasteiger partial charge in [0.15, 0.2) is 0 Å². The Kier molecular flexibility index (Phi) is 14.2. The zero-order chi connectivity index (χ0) is 19.7. The number of hydrogen-bond donors (Lipinski definition) is 0. The molecule has 0 aromatic heterocycles. The summed E-state index contributed by atoms with van der Waals surface area (Å²) in [5.74, 6) is 0. The molecule has 2 aromatic carbocycles. The van der Waals surface area contributed by atoms with Crippen LogP contribution >= 0.6 is 15.8 Å². The van der Waals surface area contributed by atoms with E-state index >= 15 is 0 Å². The van der Waals surface area contributed by atoms with Crippen LogP contribution in [0.2, 0.25) is 0 Å². The standard InChI is InChI=1S/C19H35P2.C5H5.Fe/c1-14(2)20(15(3)4)12-18-9-10-19(11-18)13-21(16(5)6)17(7)8;1-2-4-5-3-1;/h9-11,14-17H,12-13H2,1-8H3;1-5H;/q2*-1;+2. The third-order valence-corrected chi connectivity index (χ3v) is 11.6. The molecule has 0 aliphatic rings. The average Bonchev–Trinajstić information content (AvgIpc) is 3.23. The van der Waals surface area contributed by atoms with Crippen molar-refractivity contribution in [1.29, 1.82) is 0 Å². The van der Waals surface area contributed by atoms with E-state index in [1.165, 1.54) is 12.3 Å². The van der Waals surface area contributed by atoms with Gasteiger partial charge in [-0.2, -0.15) is 41.5 Å². The van der Waals surface area contributed by atoms with E-state index in [1.54, 1.807) is 11.1 Å². The molecule has 2 aromatic rings. The molecular formula is C24H40FeP2. The maximum atomic E-state index is 2.50. The van der Waals surface area contributed by atoms with Crippen molar-refractivity contribution in [3.8, 4) is 0 Å². The topological polar surface area (TPSA) is 0 Å². The first-order valence-electron chi connectivity index (χ1n) is 10.1. The fraction of sp³-hybridized carbons (Fsp3) is 0.583. The van der Waals surface area contributed by atoms with E-state index in [0.29, 0.717) is 0 Å². The van der Waals surface area contributed by atoms with Crippen molar-refractivity contribution < 1.29 is 17.1 Å². The minimum atomic E-state index is 0. The van der Waals surface area contributed by atoms with Crippen LogP contribution in [0.5, 0.6) is 0 Å². The van der Waals surface area contributed by atoms with Crippen LogP contribution in [0.4, 0.5) is 0 Å². The van der Waals surface area contributed by atoms with E-state index < -0.39 is 0 Å². The smallest absolute Gasteiger partial charge is 0.214 e. The molecule has 0 aliphatic heterocycles. The maximum absolute atomic E-state index is 2.50. The Bertz CT molecular complexity index is 497. The SMILES string of the molecule is CC(C)P(Cc1c[cH-]c(CP(C(C)C)C(C)C)c1)C(C)C.[Fe+2].c1cc[cH-]c1. The second-order valence-corrected chi connectivity index (χ2v) is 15.1. The summed E-state index contributed by atoms with van der Waals surface area (Å²) in [4.78, 5) is 0. The monoisotopic (exact) mass is 446 g/mol. The van der Waals surface area contributed by atoms with Gasteiger partial charge in [-0.3, -0.25) is 0 Å². The van der Waals surface area contributed by atoms with Gasteiger partial charge < -0.3 is 0 Å². The minimum absolute atomic E-state index is 0. The van der Waals surface area contributed by atoms with Crippen molar-refractivity contribution >= 4 is 15.8 Å². The van der Waals surface area contributed by atoms with Crippen molar-refractivity contribution in [3.05, 3.63) is 59.7 Å². The summed E-state index contributed by atoms with van der Waals surface area (Å²) >= 11 is 0. The van der Waals surface area contributed by atoms with Crippen LogP contribution in [-0.2, 0) is 29.4 Å². The van der Waals surface area contributed by atoms with Crippen molar-refractivity contribution in [3.63, 3.8) is 0 Å². The zero-order valence-electron chi connectivity index (χ0n) is 18.6. The van der Waals surface area contributed by atoms with E-state index in [0.717, 1.165) is 22.6 Å². The Hall–Kier alpha value is 0.0795. The van der Waals surface area contributed by atoms with Gasteiger partial charge in [-0.25, -0.2) is 18.2 Å². The van der Waals surface area contributed by atoms with Gasteiger partial charge in [0.25, 0.3) is 0 Å². The van der Waals surface area contributed by atoms with Gasteiger partial charge >= 0.3 is 17.1 Å². The van der Waals surface area contributed by atoms with Crippen LogP contribution in [0, 0.1) is 0 Å². The summed E-state index contributed by atoms with van der Waals surface area (Å²) in [6.45, 7) is 19.2. The van der Waals surface area contributed by atoms with Crippen LogP contribution in [0.25, 0.3) is 0 Å². The Morgan fingerprint density at radius 3 is 1.56 bits per heavy atom. The minimum Gasteiger partial charge on any atom is -0.214 e. The number of hydrogen-bond acceptors (Lipinski definition) is 0. The molecule has 0 atom stereocenters. The summed E-state index contributed by atoms with van der Waals surface area (Å²) in [5.41, 5.74) is 6.51. The third kappa shape index (κ3) is 10.4. The normalized spacial score (nSPS) is 11.5. The Balaban J connectivity index is 0.000000969. The van der Waals surface area contributed by atoms with E-state index in [-0.39, 0.29) is 32.9 Å². The van der Waals surface area contributed by atoms with Gasteiger partial charge in [0.2, 0.25) is 0 Å². The van der Waals surface area contributed by atoms with Crippen LogP contribution in [0.1, 0.15) is 66.5 Å². The zero-order valence-corrected chi connectivity index (χ0v) is 21.5. The van der Waals surface area contributed by atoms with Crippen LogP contribution in [-0.4, -0.2) is 22.6 Å². The van der Waals surface area contributed by atoms with Crippen molar-refractivity contribution in [2.45, 2.75) is 90.3 Å². The summed E-state index contributed by atoms with van der Waals surface area (Å²) in [6, 6.07) is 17.3. The molecule has 0 saturated heterocycles. The summed E-state index contributed by atoms with van der Waals surface area (Å²) in [6.07, 6.45) is 2.62. The fourth-order valence-corrected chi connectivity index (χ4v) is 8.49. The molecule has 0 radical (unpaired) electrons. The molecule has 0 amide bonds. The summed E-state index contributed by atoms with van der Waals surface area (Å²) in [5, 5.41) is 0. The average molecular weight is 446 g/mol. The van der Waals surface area contributed by atoms with Crippen LogP contribution < -0.4 is 0 Å². The molecule has 0 spiro atoms. The molecule has 0 aliphatic carbocycles. The van der Waals surface area contributed by atoms with E-state index in [9.17, 15) is 0 Å². The largest absolute Gasteiger partial charge is 2.00 e. The molecule has 0 unspecified atom stereocenters. The van der Waals surface area contributed by atoms with Gasteiger partial charge in [-0.1, -0.05) is 69.5 Å². The van der Waals surface area contributed by atoms with Crippen molar-refractivity contribution in [2.75, 3.05) is 0 Å². The maximum Gasteiger partial charge on any atom is 2.00 e. The Morgan fingerprint density at radius 1 is 0.741 bits per heavy atom. The van der Waals surface area contributed by atoms with Gasteiger partial charge in [-0.15, -0.1) is 7.92 Å². The van der Waals surface area contributed by atoms with Gasteiger partial charge in [-0.05, 0) is 28.8 Å². The third-order valence-electron chi connectivity index (χ3n) is 4.82. The second-order valence-electron chi connectivity index (χ2n) is 8.31. The molecule has 0 saturated carbocycles. The predicted molar refractivity (Wildman–Crippen MR) is 126 cm³/mol. The molecule has 154 valence electrons. The van der Waals surface area contributed by atoms with Crippen LogP contribution in [0.15, 0.2) is 48.5 Å². The summed E-state index contributed by atoms with van der Waals surface area (Å²) in [7, 11) is 0.237. The molecule has 0 N–H and O–H groups in total. The Morgan fingerprint density at radius 2 is 1.19 bits per heavy atom. The van der Waals surface area contributed by atoms with E-state index in [1.807, 2.05) is 30.3 Å². The molecule has 27 heavy (non-hydrogen) atoms. The molecular weight excluding hydrogens is 406 g/mol. The van der Waals surface area contributed by atoms with E-state index in [4.69, 9.17) is 0 Å². The van der Waals surface area contributed by atoms with Gasteiger partial charge in [0.1, 0.15) is 0 Å². The summed E-state index contributed by atoms with van der Waals surface area (Å²) < 4.78 is 0. The Labute approximate surface area is 182 Å². The quantitative estimate of drug-likeness (QED) is 0.217. The molecule has 0 bridgehead atoms. The van der Waals surface area contributed by atoms with Crippen molar-refractivity contribution in [2.24, 2.45) is 0 Å².